The molecular formula is C24H29FN4O3S. The maximum atomic E-state index is 14.6. The first kappa shape index (κ1) is 24.6. The largest absolute Gasteiger partial charge is 0.351 e. The van der Waals surface area contributed by atoms with Crippen molar-refractivity contribution in [1.29, 1.82) is 0 Å². The number of amides is 1. The van der Waals surface area contributed by atoms with Gasteiger partial charge in [0.15, 0.2) is 0 Å². The standard InChI is InChI=1S/C24H29FN4O3S/c1-16(2)13-22(28-33(31,32)20-8-5-17(3)6-9-20)24(30)27-15-19-7-10-23(21(25)14-19)29-12-11-26-18(29)4/h5-12,14,16,22,28H,13,15H2,1-4H3,(H,27,30). The van der Waals surface area contributed by atoms with E-state index >= 15 is 0 Å². The minimum Gasteiger partial charge on any atom is -0.351 e. The summed E-state index contributed by atoms with van der Waals surface area (Å²) in [6.45, 7) is 7.53. The van der Waals surface area contributed by atoms with Gasteiger partial charge in [0.1, 0.15) is 17.7 Å². The van der Waals surface area contributed by atoms with E-state index in [1.54, 1.807) is 48.1 Å². The van der Waals surface area contributed by atoms with Crippen molar-refractivity contribution >= 4 is 15.9 Å². The van der Waals surface area contributed by atoms with Crippen molar-refractivity contribution in [3.63, 3.8) is 0 Å². The van der Waals surface area contributed by atoms with Crippen molar-refractivity contribution < 1.29 is 17.6 Å². The van der Waals surface area contributed by atoms with Crippen LogP contribution in [-0.4, -0.2) is 29.9 Å². The summed E-state index contributed by atoms with van der Waals surface area (Å²) < 4.78 is 44.4. The maximum absolute atomic E-state index is 14.6. The fourth-order valence-electron chi connectivity index (χ4n) is 3.45. The Bertz CT molecular complexity index is 1220. The van der Waals surface area contributed by atoms with Gasteiger partial charge in [0, 0.05) is 18.9 Å². The second kappa shape index (κ2) is 10.3. The number of sulfonamides is 1. The highest BCUT2D eigenvalue weighted by Crippen LogP contribution is 2.17. The Morgan fingerprint density at radius 3 is 2.39 bits per heavy atom. The number of aromatic nitrogens is 2. The predicted molar refractivity (Wildman–Crippen MR) is 125 cm³/mol. The second-order valence-electron chi connectivity index (χ2n) is 8.46. The summed E-state index contributed by atoms with van der Waals surface area (Å²) in [5.74, 6) is -0.167. The van der Waals surface area contributed by atoms with Crippen LogP contribution >= 0.6 is 0 Å². The van der Waals surface area contributed by atoms with Crippen molar-refractivity contribution in [2.75, 3.05) is 0 Å². The topological polar surface area (TPSA) is 93.1 Å². The number of hydrogen-bond donors (Lipinski definition) is 2. The molecule has 33 heavy (non-hydrogen) atoms. The van der Waals surface area contributed by atoms with Crippen LogP contribution in [-0.2, 0) is 21.4 Å². The van der Waals surface area contributed by atoms with Crippen LogP contribution in [0.4, 0.5) is 4.39 Å². The van der Waals surface area contributed by atoms with Crippen molar-refractivity contribution in [2.45, 2.75) is 51.6 Å². The summed E-state index contributed by atoms with van der Waals surface area (Å²) in [7, 11) is -3.87. The number of halogens is 1. The maximum Gasteiger partial charge on any atom is 0.241 e. The molecule has 0 bridgehead atoms. The lowest BCUT2D eigenvalue weighted by molar-refractivity contribution is -0.123. The van der Waals surface area contributed by atoms with E-state index in [1.165, 1.54) is 18.2 Å². The van der Waals surface area contributed by atoms with Gasteiger partial charge in [-0.2, -0.15) is 4.72 Å². The molecule has 0 saturated carbocycles. The van der Waals surface area contributed by atoms with Crippen LogP contribution in [0.25, 0.3) is 5.69 Å². The lowest BCUT2D eigenvalue weighted by atomic mass is 10.0. The molecule has 1 atom stereocenters. The van der Waals surface area contributed by atoms with E-state index in [1.807, 2.05) is 20.8 Å². The molecule has 1 unspecified atom stereocenters. The molecule has 0 fully saturated rings. The predicted octanol–water partition coefficient (Wildman–Crippen LogP) is 3.64. The summed E-state index contributed by atoms with van der Waals surface area (Å²) in [6.07, 6.45) is 3.59. The first-order valence-corrected chi connectivity index (χ1v) is 12.2. The van der Waals surface area contributed by atoms with Crippen LogP contribution in [0.2, 0.25) is 0 Å². The fourth-order valence-corrected chi connectivity index (χ4v) is 4.66. The lowest BCUT2D eigenvalue weighted by Crippen LogP contribution is -2.47. The summed E-state index contributed by atoms with van der Waals surface area (Å²) in [4.78, 5) is 17.1. The third-order valence-electron chi connectivity index (χ3n) is 5.22. The van der Waals surface area contributed by atoms with Gasteiger partial charge < -0.3 is 9.88 Å². The number of nitrogens with one attached hydrogen (secondary N) is 2. The molecule has 0 radical (unpaired) electrons. The summed E-state index contributed by atoms with van der Waals surface area (Å²) in [5.41, 5.74) is 1.86. The Kier molecular flexibility index (Phi) is 7.65. The summed E-state index contributed by atoms with van der Waals surface area (Å²) in [5, 5.41) is 2.73. The van der Waals surface area contributed by atoms with Gasteiger partial charge in [-0.05, 0) is 56.0 Å². The number of carbonyl (C=O) groups is 1. The van der Waals surface area contributed by atoms with Crippen molar-refractivity contribution in [3.8, 4) is 5.69 Å². The van der Waals surface area contributed by atoms with Gasteiger partial charge in [0.05, 0.1) is 10.6 Å². The number of hydrogen-bond acceptors (Lipinski definition) is 4. The van der Waals surface area contributed by atoms with Crippen LogP contribution in [0.3, 0.4) is 0 Å². The van der Waals surface area contributed by atoms with Crippen LogP contribution in [0.15, 0.2) is 59.8 Å². The molecule has 1 amide bonds. The van der Waals surface area contributed by atoms with E-state index in [9.17, 15) is 17.6 Å². The molecule has 3 aromatic rings. The molecule has 0 aliphatic carbocycles. The third kappa shape index (κ3) is 6.27. The van der Waals surface area contributed by atoms with Crippen molar-refractivity contribution in [2.24, 2.45) is 5.92 Å². The lowest BCUT2D eigenvalue weighted by Gasteiger charge is -2.20. The normalized spacial score (nSPS) is 12.7. The number of aryl methyl sites for hydroxylation is 2. The molecule has 0 saturated heterocycles. The molecule has 1 aromatic heterocycles. The fraction of sp³-hybridized carbons (Fsp3) is 0.333. The zero-order chi connectivity index (χ0) is 24.2. The molecule has 0 aliphatic heterocycles. The van der Waals surface area contributed by atoms with Crippen molar-refractivity contribution in [3.05, 3.63) is 77.6 Å². The average molecular weight is 473 g/mol. The zero-order valence-corrected chi connectivity index (χ0v) is 20.0. The Hall–Kier alpha value is -3.04. The third-order valence-corrected chi connectivity index (χ3v) is 6.70. The van der Waals surface area contributed by atoms with E-state index in [0.717, 1.165) is 5.56 Å². The van der Waals surface area contributed by atoms with Gasteiger partial charge in [-0.1, -0.05) is 37.6 Å². The smallest absolute Gasteiger partial charge is 0.241 e. The van der Waals surface area contributed by atoms with Crippen LogP contribution in [0, 0.1) is 25.6 Å². The molecule has 0 spiro atoms. The van der Waals surface area contributed by atoms with E-state index in [-0.39, 0.29) is 17.4 Å². The Labute approximate surface area is 194 Å². The molecule has 176 valence electrons. The highest BCUT2D eigenvalue weighted by molar-refractivity contribution is 7.89. The van der Waals surface area contributed by atoms with Gasteiger partial charge in [0.2, 0.25) is 15.9 Å². The van der Waals surface area contributed by atoms with E-state index in [4.69, 9.17) is 0 Å². The average Bonchev–Trinajstić information content (AvgIpc) is 3.17. The first-order chi connectivity index (χ1) is 15.6. The quantitative estimate of drug-likeness (QED) is 0.497. The van der Waals surface area contributed by atoms with Crippen molar-refractivity contribution in [1.82, 2.24) is 19.6 Å². The monoisotopic (exact) mass is 472 g/mol. The highest BCUT2D eigenvalue weighted by atomic mass is 32.2. The number of carbonyl (C=O) groups excluding carboxylic acids is 1. The Morgan fingerprint density at radius 1 is 1.12 bits per heavy atom. The molecule has 2 aromatic carbocycles. The minimum absolute atomic E-state index is 0.0692. The number of imidazole rings is 1. The van der Waals surface area contributed by atoms with E-state index in [2.05, 4.69) is 15.0 Å². The Morgan fingerprint density at radius 2 is 1.82 bits per heavy atom. The van der Waals surface area contributed by atoms with E-state index in [0.29, 0.717) is 23.5 Å². The van der Waals surface area contributed by atoms with Gasteiger partial charge >= 0.3 is 0 Å². The van der Waals surface area contributed by atoms with Gasteiger partial charge in [-0.3, -0.25) is 4.79 Å². The molecule has 1 heterocycles. The molecule has 0 aliphatic rings. The molecule has 7 nitrogen and oxygen atoms in total. The van der Waals surface area contributed by atoms with E-state index < -0.39 is 27.8 Å². The first-order valence-electron chi connectivity index (χ1n) is 10.7. The van der Waals surface area contributed by atoms with Crippen LogP contribution < -0.4 is 10.0 Å². The SMILES string of the molecule is Cc1ccc(S(=O)(=O)NC(CC(C)C)C(=O)NCc2ccc(-n3ccnc3C)c(F)c2)cc1. The molecule has 3 rings (SSSR count). The summed E-state index contributed by atoms with van der Waals surface area (Å²) >= 11 is 0. The summed E-state index contributed by atoms with van der Waals surface area (Å²) in [6, 6.07) is 10.2. The second-order valence-corrected chi connectivity index (χ2v) is 10.2. The van der Waals surface area contributed by atoms with Crippen LogP contribution in [0.5, 0.6) is 0 Å². The molecule has 2 N–H and O–H groups in total. The van der Waals surface area contributed by atoms with Crippen LogP contribution in [0.1, 0.15) is 37.2 Å². The van der Waals surface area contributed by atoms with Gasteiger partial charge in [-0.15, -0.1) is 0 Å². The van der Waals surface area contributed by atoms with Gasteiger partial charge in [0.25, 0.3) is 0 Å². The van der Waals surface area contributed by atoms with Gasteiger partial charge in [-0.25, -0.2) is 17.8 Å². The highest BCUT2D eigenvalue weighted by Gasteiger charge is 2.26. The minimum atomic E-state index is -3.87. The number of nitrogens with zero attached hydrogens (tertiary/aromatic N) is 2. The Balaban J connectivity index is 1.71. The molecular weight excluding hydrogens is 443 g/mol. The zero-order valence-electron chi connectivity index (χ0n) is 19.2. The molecule has 9 heteroatoms. The number of rotatable bonds is 9. The number of benzene rings is 2.